The van der Waals surface area contributed by atoms with Crippen molar-refractivity contribution >= 4 is 20.5 Å². The van der Waals surface area contributed by atoms with E-state index in [4.69, 9.17) is 18.6 Å². The molecule has 2 rings (SSSR count). The zero-order chi connectivity index (χ0) is 29.6. The second kappa shape index (κ2) is 13.5. The molecule has 2 atom stereocenters. The van der Waals surface area contributed by atoms with Crippen LogP contribution in [0.3, 0.4) is 0 Å². The van der Waals surface area contributed by atoms with E-state index in [1.807, 2.05) is 65.0 Å². The molecule has 0 aromatic heterocycles. The van der Waals surface area contributed by atoms with Gasteiger partial charge in [0.25, 0.3) is 0 Å². The highest BCUT2D eigenvalue weighted by Gasteiger charge is 2.50. The Morgan fingerprint density at radius 1 is 1.05 bits per heavy atom. The summed E-state index contributed by atoms with van der Waals surface area (Å²) in [5.74, 6) is 0. The van der Waals surface area contributed by atoms with Gasteiger partial charge in [0.05, 0.1) is 18.8 Å². The summed E-state index contributed by atoms with van der Waals surface area (Å²) in [6.07, 6.45) is -0.738. The minimum atomic E-state index is -2.30. The highest BCUT2D eigenvalue weighted by Crippen LogP contribution is 2.44. The number of carbonyl (C=O) groups excluding carboxylic acids is 2. The van der Waals surface area contributed by atoms with Gasteiger partial charge in [0.2, 0.25) is 8.32 Å². The maximum Gasteiger partial charge on any atom is 0.412 e. The molecule has 9 heteroatoms. The molecule has 8 nitrogen and oxygen atoms in total. The lowest BCUT2D eigenvalue weighted by atomic mass is 10.1. The van der Waals surface area contributed by atoms with Gasteiger partial charge in [-0.2, -0.15) is 0 Å². The number of rotatable bonds is 11. The van der Waals surface area contributed by atoms with Crippen molar-refractivity contribution in [1.82, 2.24) is 10.2 Å². The Morgan fingerprint density at radius 3 is 2.13 bits per heavy atom. The molecule has 0 radical (unpaired) electrons. The summed E-state index contributed by atoms with van der Waals surface area (Å²) in [7, 11) is -2.30. The molecule has 1 aliphatic rings. The third-order valence-corrected chi connectivity index (χ3v) is 13.6. The topological polar surface area (TPSA) is 86.3 Å². The summed E-state index contributed by atoms with van der Waals surface area (Å²) >= 11 is 0. The third kappa shape index (κ3) is 8.95. The fourth-order valence-electron chi connectivity index (χ4n) is 5.88. The van der Waals surface area contributed by atoms with Crippen LogP contribution in [-0.4, -0.2) is 62.0 Å². The minimum absolute atomic E-state index is 0.192. The van der Waals surface area contributed by atoms with E-state index in [9.17, 15) is 9.59 Å². The smallest absolute Gasteiger partial charge is 0.412 e. The molecule has 222 valence electrons. The van der Waals surface area contributed by atoms with Crippen molar-refractivity contribution < 1.29 is 28.2 Å². The molecule has 1 saturated heterocycles. The molecule has 2 amide bonds. The highest BCUT2D eigenvalue weighted by molar-refractivity contribution is 6.77. The number of hydrogen-bond acceptors (Lipinski definition) is 6. The molecule has 1 heterocycles. The summed E-state index contributed by atoms with van der Waals surface area (Å²) < 4.78 is 24.4. The van der Waals surface area contributed by atoms with Crippen LogP contribution in [-0.2, 0) is 25.2 Å². The lowest BCUT2D eigenvalue weighted by Crippen LogP contribution is -2.55. The number of nitrogens with one attached hydrogen (secondary N) is 1. The molecule has 0 aliphatic carbocycles. The van der Waals surface area contributed by atoms with Crippen molar-refractivity contribution in [2.24, 2.45) is 0 Å². The number of alkyl carbamates (subject to hydrolysis) is 1. The van der Waals surface area contributed by atoms with E-state index < -0.39 is 31.8 Å². The average Bonchev–Trinajstić information content (AvgIpc) is 3.11. The number of amides is 2. The molecule has 0 unspecified atom stereocenters. The van der Waals surface area contributed by atoms with E-state index in [0.29, 0.717) is 29.7 Å². The second-order valence-electron chi connectivity index (χ2n) is 13.0. The monoisotopic (exact) mass is 564 g/mol. The van der Waals surface area contributed by atoms with Crippen LogP contribution in [0.15, 0.2) is 30.3 Å². The van der Waals surface area contributed by atoms with Crippen LogP contribution in [0, 0.1) is 0 Å². The first-order chi connectivity index (χ1) is 18.0. The van der Waals surface area contributed by atoms with Crippen LogP contribution in [0.25, 0.3) is 0 Å². The summed E-state index contributed by atoms with van der Waals surface area (Å²) in [4.78, 5) is 27.6. The van der Waals surface area contributed by atoms with Crippen molar-refractivity contribution in [1.29, 1.82) is 0 Å². The Morgan fingerprint density at radius 2 is 1.62 bits per heavy atom. The Labute approximate surface area is 237 Å². The lowest BCUT2D eigenvalue weighted by Gasteiger charge is -2.45. The molecule has 39 heavy (non-hydrogen) atoms. The van der Waals surface area contributed by atoms with Gasteiger partial charge in [-0.1, -0.05) is 71.9 Å². The minimum Gasteiger partial charge on any atom is -0.445 e. The quantitative estimate of drug-likeness (QED) is 0.285. The van der Waals surface area contributed by atoms with Gasteiger partial charge < -0.3 is 24.0 Å². The van der Waals surface area contributed by atoms with Gasteiger partial charge in [-0.3, -0.25) is 4.90 Å². The number of ether oxygens (including phenoxy) is 3. The van der Waals surface area contributed by atoms with E-state index in [1.54, 1.807) is 4.90 Å². The largest absolute Gasteiger partial charge is 0.445 e. The maximum atomic E-state index is 13.3. The molecular weight excluding hydrogens is 512 g/mol. The number of hydrogen-bond donors (Lipinski definition) is 1. The highest BCUT2D eigenvalue weighted by atomic mass is 28.4. The summed E-state index contributed by atoms with van der Waals surface area (Å²) in [5.41, 5.74) is 0.566. The van der Waals surface area contributed by atoms with Gasteiger partial charge in [-0.15, -0.1) is 0 Å². The van der Waals surface area contributed by atoms with Crippen LogP contribution < -0.4 is 5.32 Å². The van der Waals surface area contributed by atoms with Crippen molar-refractivity contribution in [2.45, 2.75) is 129 Å². The van der Waals surface area contributed by atoms with E-state index in [1.165, 1.54) is 0 Å². The van der Waals surface area contributed by atoms with Gasteiger partial charge in [0.1, 0.15) is 17.9 Å². The number of carbonyl (C=O) groups is 2. The first-order valence-electron chi connectivity index (χ1n) is 14.3. The summed E-state index contributed by atoms with van der Waals surface area (Å²) in [6.45, 7) is 23.6. The van der Waals surface area contributed by atoms with Crippen LogP contribution in [0.4, 0.5) is 9.59 Å². The van der Waals surface area contributed by atoms with Crippen molar-refractivity contribution in [3.8, 4) is 0 Å². The van der Waals surface area contributed by atoms with Crippen LogP contribution in [0.2, 0.25) is 16.6 Å². The van der Waals surface area contributed by atoms with E-state index >= 15 is 0 Å². The molecule has 0 bridgehead atoms. The first-order valence-corrected chi connectivity index (χ1v) is 16.4. The van der Waals surface area contributed by atoms with Gasteiger partial charge >= 0.3 is 12.2 Å². The average molecular weight is 565 g/mol. The maximum absolute atomic E-state index is 13.3. The predicted octanol–water partition coefficient (Wildman–Crippen LogP) is 7.24. The molecule has 1 aromatic rings. The van der Waals surface area contributed by atoms with Gasteiger partial charge in [0.15, 0.2) is 0 Å². The third-order valence-electron chi connectivity index (χ3n) is 7.46. The lowest BCUT2D eigenvalue weighted by molar-refractivity contribution is -0.0636. The molecule has 1 aliphatic heterocycles. The van der Waals surface area contributed by atoms with Gasteiger partial charge in [-0.25, -0.2) is 9.59 Å². The van der Waals surface area contributed by atoms with E-state index in [2.05, 4.69) is 46.9 Å². The van der Waals surface area contributed by atoms with Crippen molar-refractivity contribution in [3.63, 3.8) is 0 Å². The summed E-state index contributed by atoms with van der Waals surface area (Å²) in [5, 5.41) is 2.93. The Kier molecular flexibility index (Phi) is 11.5. The zero-order valence-corrected chi connectivity index (χ0v) is 27.0. The summed E-state index contributed by atoms with van der Waals surface area (Å²) in [6, 6.07) is 9.32. The number of benzene rings is 1. The molecule has 1 fully saturated rings. The fraction of sp³-hybridized carbons (Fsp3) is 0.733. The fourth-order valence-corrected chi connectivity index (χ4v) is 11.5. The number of nitrogens with zero attached hydrogens (tertiary/aromatic N) is 1. The van der Waals surface area contributed by atoms with Crippen LogP contribution >= 0.6 is 0 Å². The first kappa shape index (κ1) is 33.1. The second-order valence-corrected chi connectivity index (χ2v) is 18.4. The van der Waals surface area contributed by atoms with Crippen molar-refractivity contribution in [2.75, 3.05) is 13.2 Å². The normalized spacial score (nSPS) is 18.5. The zero-order valence-electron chi connectivity index (χ0n) is 26.0. The molecule has 0 saturated carbocycles. The van der Waals surface area contributed by atoms with E-state index in [0.717, 1.165) is 5.56 Å². The van der Waals surface area contributed by atoms with E-state index in [-0.39, 0.29) is 25.3 Å². The van der Waals surface area contributed by atoms with Gasteiger partial charge in [-0.05, 0) is 63.2 Å². The molecular formula is C30H52N2O6Si. The Hall–Kier alpha value is -2.10. The van der Waals surface area contributed by atoms with Crippen LogP contribution in [0.5, 0.6) is 0 Å². The van der Waals surface area contributed by atoms with Gasteiger partial charge in [0, 0.05) is 6.54 Å². The Balaban J connectivity index is 2.27. The molecule has 1 N–H and O–H groups in total. The standard InChI is InChI=1S/C30H52N2O6Si/c1-21(2)39(22(3)4,23(5)6)38-26(18-31-27(33)35-19-24-15-13-12-14-16-24)17-25-20-36-30(10,11)32(25)28(34)37-29(7,8)9/h12-16,21-23,25-26H,17-20H2,1-11H3,(H,31,33)/t25-,26-/m0/s1. The Bertz CT molecular complexity index is 907. The molecule has 1 aromatic carbocycles. The molecule has 0 spiro atoms. The van der Waals surface area contributed by atoms with Crippen LogP contribution in [0.1, 0.15) is 88.1 Å². The van der Waals surface area contributed by atoms with Crippen molar-refractivity contribution in [3.05, 3.63) is 35.9 Å². The SMILES string of the molecule is CC(C)[Si](O[C@H](CNC(=O)OCc1ccccc1)C[C@H]1COC(C)(C)N1C(=O)OC(C)(C)C)(C(C)C)C(C)C. The predicted molar refractivity (Wildman–Crippen MR) is 157 cm³/mol.